The number of halogens is 1. The summed E-state index contributed by atoms with van der Waals surface area (Å²) in [6.07, 6.45) is 6.82. The van der Waals surface area contributed by atoms with Gasteiger partial charge in [-0.15, -0.1) is 0 Å². The molecule has 0 spiro atoms. The molecule has 2 aromatic heterocycles. The van der Waals surface area contributed by atoms with Gasteiger partial charge in [0.15, 0.2) is 5.82 Å². The standard InChI is InChI=1S/C21H22FN3O2/c1-27-8-2-3-15(26)10-19-20(22)16-11-25-21(17(16)12-24-19)14-6-7-23-18(9-14)13-4-5-13/h6-7,9,12-13H,2-5,8,10-11H2,1H3. The van der Waals surface area contributed by atoms with Crippen molar-refractivity contribution >= 4 is 11.5 Å². The van der Waals surface area contributed by atoms with Gasteiger partial charge in [-0.1, -0.05) is 0 Å². The van der Waals surface area contributed by atoms with Crippen molar-refractivity contribution in [3.63, 3.8) is 0 Å². The van der Waals surface area contributed by atoms with Crippen LogP contribution in [0.5, 0.6) is 0 Å². The van der Waals surface area contributed by atoms with Crippen LogP contribution in [-0.4, -0.2) is 35.2 Å². The maximum Gasteiger partial charge on any atom is 0.150 e. The molecule has 0 bridgehead atoms. The van der Waals surface area contributed by atoms with Crippen LogP contribution in [0.25, 0.3) is 0 Å². The minimum Gasteiger partial charge on any atom is -0.385 e. The fourth-order valence-electron chi connectivity index (χ4n) is 3.43. The fourth-order valence-corrected chi connectivity index (χ4v) is 3.43. The number of methoxy groups -OCH3 is 1. The number of Topliss-reactive ketones (excluding diaryl/α,β-unsaturated/α-hetero) is 1. The van der Waals surface area contributed by atoms with E-state index in [1.165, 1.54) is 12.8 Å². The molecule has 0 N–H and O–H groups in total. The molecule has 2 aromatic rings. The maximum absolute atomic E-state index is 14.9. The van der Waals surface area contributed by atoms with Crippen LogP contribution in [0.15, 0.2) is 29.5 Å². The topological polar surface area (TPSA) is 64.4 Å². The Kier molecular flexibility index (Phi) is 5.07. The summed E-state index contributed by atoms with van der Waals surface area (Å²) >= 11 is 0. The molecule has 5 nitrogen and oxygen atoms in total. The highest BCUT2D eigenvalue weighted by molar-refractivity contribution is 6.15. The lowest BCUT2D eigenvalue weighted by Crippen LogP contribution is -2.11. The number of ether oxygens (including phenoxy) is 1. The van der Waals surface area contributed by atoms with Crippen LogP contribution >= 0.6 is 0 Å². The predicted octanol–water partition coefficient (Wildman–Crippen LogP) is 3.38. The minimum atomic E-state index is -0.400. The van der Waals surface area contributed by atoms with Crippen molar-refractivity contribution in [1.29, 1.82) is 0 Å². The SMILES string of the molecule is COCCCC(=O)Cc1ncc2c(c1F)CN=C2c1ccnc(C2CC2)c1. The maximum atomic E-state index is 14.9. The summed E-state index contributed by atoms with van der Waals surface area (Å²) in [5.74, 6) is 0.122. The summed E-state index contributed by atoms with van der Waals surface area (Å²) in [7, 11) is 1.60. The number of fused-ring (bicyclic) bond motifs is 1. The molecule has 4 rings (SSSR count). The number of pyridine rings is 2. The molecule has 2 aliphatic rings. The molecule has 3 heterocycles. The molecule has 0 amide bonds. The zero-order valence-electron chi connectivity index (χ0n) is 15.4. The van der Waals surface area contributed by atoms with Crippen molar-refractivity contribution in [2.24, 2.45) is 4.99 Å². The van der Waals surface area contributed by atoms with E-state index in [1.807, 2.05) is 6.07 Å². The highest BCUT2D eigenvalue weighted by Gasteiger charge is 2.28. The molecule has 1 fully saturated rings. The highest BCUT2D eigenvalue weighted by Crippen LogP contribution is 2.39. The molecule has 0 aromatic carbocycles. The Morgan fingerprint density at radius 1 is 1.33 bits per heavy atom. The smallest absolute Gasteiger partial charge is 0.150 e. The summed E-state index contributed by atoms with van der Waals surface area (Å²) in [6, 6.07) is 3.96. The van der Waals surface area contributed by atoms with Gasteiger partial charge in [0.2, 0.25) is 0 Å². The third-order valence-corrected chi connectivity index (χ3v) is 5.06. The number of carbonyl (C=O) groups is 1. The summed E-state index contributed by atoms with van der Waals surface area (Å²) in [6.45, 7) is 0.808. The zero-order valence-corrected chi connectivity index (χ0v) is 15.4. The van der Waals surface area contributed by atoms with E-state index in [-0.39, 0.29) is 24.4 Å². The molecule has 0 unspecified atom stereocenters. The van der Waals surface area contributed by atoms with Crippen molar-refractivity contribution in [3.8, 4) is 0 Å². The Hall–Kier alpha value is -2.47. The summed E-state index contributed by atoms with van der Waals surface area (Å²) in [5, 5.41) is 0. The van der Waals surface area contributed by atoms with Crippen molar-refractivity contribution in [1.82, 2.24) is 9.97 Å². The van der Waals surface area contributed by atoms with E-state index in [2.05, 4.69) is 21.0 Å². The van der Waals surface area contributed by atoms with Crippen LogP contribution in [0.3, 0.4) is 0 Å². The van der Waals surface area contributed by atoms with Gasteiger partial charge in [-0.05, 0) is 31.4 Å². The van der Waals surface area contributed by atoms with Gasteiger partial charge in [0.1, 0.15) is 5.78 Å². The lowest BCUT2D eigenvalue weighted by Gasteiger charge is -2.09. The van der Waals surface area contributed by atoms with Gasteiger partial charge in [-0.25, -0.2) is 4.39 Å². The number of hydrogen-bond donors (Lipinski definition) is 0. The van der Waals surface area contributed by atoms with Crippen molar-refractivity contribution in [3.05, 3.63) is 58.4 Å². The zero-order chi connectivity index (χ0) is 18.8. The second kappa shape index (κ2) is 7.64. The molecule has 27 heavy (non-hydrogen) atoms. The van der Waals surface area contributed by atoms with E-state index in [0.717, 1.165) is 22.5 Å². The van der Waals surface area contributed by atoms with Gasteiger partial charge in [0.25, 0.3) is 0 Å². The van der Waals surface area contributed by atoms with Gasteiger partial charge in [0.05, 0.1) is 24.4 Å². The number of aromatic nitrogens is 2. The second-order valence-corrected chi connectivity index (χ2v) is 7.13. The molecule has 1 aliphatic carbocycles. The first-order valence-electron chi connectivity index (χ1n) is 9.35. The average molecular weight is 367 g/mol. The van der Waals surface area contributed by atoms with Crippen LogP contribution in [0.4, 0.5) is 4.39 Å². The van der Waals surface area contributed by atoms with E-state index in [1.54, 1.807) is 19.5 Å². The van der Waals surface area contributed by atoms with Gasteiger partial charge >= 0.3 is 0 Å². The van der Waals surface area contributed by atoms with Crippen molar-refractivity contribution in [2.45, 2.75) is 44.6 Å². The molecule has 1 aliphatic heterocycles. The first-order chi connectivity index (χ1) is 13.2. The number of hydrogen-bond acceptors (Lipinski definition) is 5. The lowest BCUT2D eigenvalue weighted by atomic mass is 9.99. The molecule has 0 atom stereocenters. The van der Waals surface area contributed by atoms with Crippen LogP contribution in [0.2, 0.25) is 0 Å². The van der Waals surface area contributed by atoms with Crippen LogP contribution in [0.1, 0.15) is 59.7 Å². The number of aliphatic imine (C=N–C) groups is 1. The Balaban J connectivity index is 1.53. The van der Waals surface area contributed by atoms with Crippen LogP contribution < -0.4 is 0 Å². The molecular formula is C21H22FN3O2. The summed E-state index contributed by atoms with van der Waals surface area (Å²) < 4.78 is 19.8. The van der Waals surface area contributed by atoms with E-state index in [0.29, 0.717) is 30.9 Å². The van der Waals surface area contributed by atoms with Gasteiger partial charge < -0.3 is 4.74 Å². The average Bonchev–Trinajstić information content (AvgIpc) is 3.43. The molecule has 0 saturated heterocycles. The third kappa shape index (κ3) is 3.81. The monoisotopic (exact) mass is 367 g/mol. The summed E-state index contributed by atoms with van der Waals surface area (Å²) in [5.41, 5.74) is 4.26. The third-order valence-electron chi connectivity index (χ3n) is 5.06. The molecule has 6 heteroatoms. The van der Waals surface area contributed by atoms with E-state index in [9.17, 15) is 9.18 Å². The first-order valence-corrected chi connectivity index (χ1v) is 9.35. The van der Waals surface area contributed by atoms with Crippen molar-refractivity contribution < 1.29 is 13.9 Å². The summed E-state index contributed by atoms with van der Waals surface area (Å²) in [4.78, 5) is 25.3. The first kappa shape index (κ1) is 17.9. The quantitative estimate of drug-likeness (QED) is 0.671. The van der Waals surface area contributed by atoms with Gasteiger partial charge in [-0.2, -0.15) is 0 Å². The van der Waals surface area contributed by atoms with Gasteiger partial charge in [-0.3, -0.25) is 19.8 Å². The second-order valence-electron chi connectivity index (χ2n) is 7.13. The largest absolute Gasteiger partial charge is 0.385 e. The Morgan fingerprint density at radius 2 is 2.19 bits per heavy atom. The van der Waals surface area contributed by atoms with Crippen molar-refractivity contribution in [2.75, 3.05) is 13.7 Å². The minimum absolute atomic E-state index is 0.0131. The number of ketones is 1. The van der Waals surface area contributed by atoms with Crippen LogP contribution in [0, 0.1) is 5.82 Å². The van der Waals surface area contributed by atoms with Crippen LogP contribution in [-0.2, 0) is 22.5 Å². The normalized spacial score (nSPS) is 15.6. The predicted molar refractivity (Wildman–Crippen MR) is 99.6 cm³/mol. The highest BCUT2D eigenvalue weighted by atomic mass is 19.1. The Labute approximate surface area is 157 Å². The van der Waals surface area contributed by atoms with Gasteiger partial charge in [0, 0.05) is 60.8 Å². The Morgan fingerprint density at radius 3 is 2.96 bits per heavy atom. The number of rotatable bonds is 8. The van der Waals surface area contributed by atoms with E-state index >= 15 is 0 Å². The number of carbonyl (C=O) groups excluding carboxylic acids is 1. The molecule has 140 valence electrons. The Bertz CT molecular complexity index is 906. The van der Waals surface area contributed by atoms with E-state index in [4.69, 9.17) is 4.74 Å². The molecular weight excluding hydrogens is 345 g/mol. The fraction of sp³-hybridized carbons (Fsp3) is 0.429. The number of nitrogens with zero attached hydrogens (tertiary/aromatic N) is 3. The van der Waals surface area contributed by atoms with E-state index < -0.39 is 5.82 Å². The molecule has 1 saturated carbocycles. The molecule has 0 radical (unpaired) electrons. The lowest BCUT2D eigenvalue weighted by molar-refractivity contribution is -0.118.